The first-order chi connectivity index (χ1) is 10.4. The number of anilines is 1. The van der Waals surface area contributed by atoms with Crippen molar-refractivity contribution in [2.24, 2.45) is 0 Å². The molecule has 116 valence electrons. The molecule has 22 heavy (non-hydrogen) atoms. The van der Waals surface area contributed by atoms with Crippen LogP contribution in [-0.2, 0) is 9.53 Å². The molecule has 2 rings (SSSR count). The van der Waals surface area contributed by atoms with E-state index in [0.717, 1.165) is 23.0 Å². The summed E-state index contributed by atoms with van der Waals surface area (Å²) in [6, 6.07) is 2.87. The molecule has 0 spiro atoms. The van der Waals surface area contributed by atoms with Crippen LogP contribution in [0.15, 0.2) is 24.4 Å². The molecule has 0 atom stereocenters. The Hall–Kier alpha value is -2.77. The molecule has 0 radical (unpaired) electrons. The second-order valence-electron chi connectivity index (χ2n) is 4.32. The van der Waals surface area contributed by atoms with E-state index >= 15 is 0 Å². The van der Waals surface area contributed by atoms with Crippen LogP contribution in [0.1, 0.15) is 24.2 Å². The van der Waals surface area contributed by atoms with Crippen molar-refractivity contribution in [2.45, 2.75) is 13.8 Å². The molecule has 0 bridgehead atoms. The molecule has 1 aromatic carbocycles. The van der Waals surface area contributed by atoms with E-state index in [9.17, 15) is 18.4 Å². The van der Waals surface area contributed by atoms with Crippen molar-refractivity contribution in [2.75, 3.05) is 11.9 Å². The van der Waals surface area contributed by atoms with Gasteiger partial charge in [0.25, 0.3) is 0 Å². The minimum atomic E-state index is -0.884. The van der Waals surface area contributed by atoms with Gasteiger partial charge in [-0.15, -0.1) is 0 Å². The highest BCUT2D eigenvalue weighted by Crippen LogP contribution is 2.23. The summed E-state index contributed by atoms with van der Waals surface area (Å²) < 4.78 is 32.7. The predicted molar refractivity (Wildman–Crippen MR) is 73.7 cm³/mol. The van der Waals surface area contributed by atoms with E-state index in [2.05, 4.69) is 10.4 Å². The Kier molecular flexibility index (Phi) is 4.50. The predicted octanol–water partition coefficient (Wildman–Crippen LogP) is 2.29. The van der Waals surface area contributed by atoms with Crippen molar-refractivity contribution < 1.29 is 23.1 Å². The van der Waals surface area contributed by atoms with Crippen LogP contribution in [0.25, 0.3) is 5.69 Å². The number of carbonyl (C=O) groups excluding carboxylic acids is 2. The van der Waals surface area contributed by atoms with Gasteiger partial charge in [0, 0.05) is 13.0 Å². The molecule has 0 fully saturated rings. The van der Waals surface area contributed by atoms with Crippen LogP contribution in [0.4, 0.5) is 14.6 Å². The molecular formula is C14H13F2N3O3. The van der Waals surface area contributed by atoms with Gasteiger partial charge in [-0.1, -0.05) is 0 Å². The number of aromatic nitrogens is 2. The number of nitrogens with one attached hydrogen (secondary N) is 1. The van der Waals surface area contributed by atoms with E-state index in [1.54, 1.807) is 6.92 Å². The van der Waals surface area contributed by atoms with E-state index in [0.29, 0.717) is 6.07 Å². The van der Waals surface area contributed by atoms with E-state index in [4.69, 9.17) is 4.74 Å². The zero-order chi connectivity index (χ0) is 16.3. The third-order valence-electron chi connectivity index (χ3n) is 2.70. The molecule has 1 heterocycles. The average Bonchev–Trinajstić information content (AvgIpc) is 2.82. The summed E-state index contributed by atoms with van der Waals surface area (Å²) >= 11 is 0. The summed E-state index contributed by atoms with van der Waals surface area (Å²) in [5.41, 5.74) is -0.138. The van der Waals surface area contributed by atoms with Crippen LogP contribution in [0.5, 0.6) is 0 Å². The number of nitrogens with zero attached hydrogens (tertiary/aromatic N) is 2. The van der Waals surface area contributed by atoms with Gasteiger partial charge in [-0.3, -0.25) is 4.79 Å². The summed E-state index contributed by atoms with van der Waals surface area (Å²) in [4.78, 5) is 23.2. The molecule has 6 nitrogen and oxygen atoms in total. The van der Waals surface area contributed by atoms with E-state index < -0.39 is 23.5 Å². The van der Waals surface area contributed by atoms with Crippen LogP contribution in [-0.4, -0.2) is 28.3 Å². The van der Waals surface area contributed by atoms with Crippen LogP contribution >= 0.6 is 0 Å². The van der Waals surface area contributed by atoms with Gasteiger partial charge >= 0.3 is 5.97 Å². The molecule has 1 amide bonds. The van der Waals surface area contributed by atoms with Crippen molar-refractivity contribution in [3.8, 4) is 5.69 Å². The standard InChI is InChI=1S/C14H13F2N3O3/c1-3-22-14(21)10-7-17-19(13(10)18-8(2)20)12-5-4-9(15)6-11(12)16/h4-7H,3H2,1-2H3,(H,18,20). The first kappa shape index (κ1) is 15.6. The summed E-state index contributed by atoms with van der Waals surface area (Å²) in [5.74, 6) is -2.86. The van der Waals surface area contributed by atoms with E-state index in [-0.39, 0.29) is 23.7 Å². The number of hydrogen-bond donors (Lipinski definition) is 1. The molecule has 2 aromatic rings. The van der Waals surface area contributed by atoms with E-state index in [1.165, 1.54) is 6.92 Å². The number of esters is 1. The second kappa shape index (κ2) is 6.33. The highest BCUT2D eigenvalue weighted by molar-refractivity contribution is 5.99. The lowest BCUT2D eigenvalue weighted by molar-refractivity contribution is -0.114. The third kappa shape index (κ3) is 3.11. The molecule has 0 aliphatic heterocycles. The van der Waals surface area contributed by atoms with Crippen molar-refractivity contribution >= 4 is 17.7 Å². The maximum absolute atomic E-state index is 13.9. The van der Waals surface area contributed by atoms with Crippen LogP contribution < -0.4 is 5.32 Å². The number of rotatable bonds is 4. The van der Waals surface area contributed by atoms with Crippen molar-refractivity contribution in [1.29, 1.82) is 0 Å². The van der Waals surface area contributed by atoms with E-state index in [1.807, 2.05) is 0 Å². The maximum Gasteiger partial charge on any atom is 0.343 e. The van der Waals surface area contributed by atoms with Gasteiger partial charge in [0.15, 0.2) is 11.6 Å². The number of amides is 1. The van der Waals surface area contributed by atoms with Gasteiger partial charge in [-0.2, -0.15) is 5.10 Å². The van der Waals surface area contributed by atoms with Gasteiger partial charge < -0.3 is 10.1 Å². The lowest BCUT2D eigenvalue weighted by atomic mass is 10.3. The Bertz CT molecular complexity index is 728. The minimum Gasteiger partial charge on any atom is -0.462 e. The minimum absolute atomic E-state index is 0.0271. The summed E-state index contributed by atoms with van der Waals surface area (Å²) in [7, 11) is 0. The molecule has 1 aromatic heterocycles. The Morgan fingerprint density at radius 3 is 2.68 bits per heavy atom. The van der Waals surface area contributed by atoms with Crippen LogP contribution in [0.3, 0.4) is 0 Å². The Morgan fingerprint density at radius 2 is 2.09 bits per heavy atom. The zero-order valence-electron chi connectivity index (χ0n) is 11.9. The van der Waals surface area contributed by atoms with Gasteiger partial charge in [0.05, 0.1) is 12.8 Å². The fourth-order valence-corrected chi connectivity index (χ4v) is 1.83. The first-order valence-corrected chi connectivity index (χ1v) is 6.42. The lowest BCUT2D eigenvalue weighted by Gasteiger charge is -2.10. The largest absolute Gasteiger partial charge is 0.462 e. The fourth-order valence-electron chi connectivity index (χ4n) is 1.83. The topological polar surface area (TPSA) is 73.2 Å². The molecule has 0 aliphatic carbocycles. The molecule has 1 N–H and O–H groups in total. The quantitative estimate of drug-likeness (QED) is 0.879. The van der Waals surface area contributed by atoms with Crippen LogP contribution in [0.2, 0.25) is 0 Å². The van der Waals surface area contributed by atoms with Gasteiger partial charge in [0.2, 0.25) is 5.91 Å². The lowest BCUT2D eigenvalue weighted by Crippen LogP contribution is -2.15. The second-order valence-corrected chi connectivity index (χ2v) is 4.32. The monoisotopic (exact) mass is 309 g/mol. The zero-order valence-corrected chi connectivity index (χ0v) is 11.9. The molecule has 0 aliphatic rings. The van der Waals surface area contributed by atoms with Gasteiger partial charge in [-0.25, -0.2) is 18.3 Å². The Morgan fingerprint density at radius 1 is 1.36 bits per heavy atom. The third-order valence-corrected chi connectivity index (χ3v) is 2.70. The number of carbonyl (C=O) groups is 2. The Labute approximate surface area is 124 Å². The fraction of sp³-hybridized carbons (Fsp3) is 0.214. The molecule has 0 saturated carbocycles. The van der Waals surface area contributed by atoms with Crippen molar-refractivity contribution in [3.05, 3.63) is 41.6 Å². The first-order valence-electron chi connectivity index (χ1n) is 6.42. The Balaban J connectivity index is 2.55. The summed E-state index contributed by atoms with van der Waals surface area (Å²) in [6.45, 7) is 2.99. The highest BCUT2D eigenvalue weighted by Gasteiger charge is 2.22. The average molecular weight is 309 g/mol. The number of hydrogen-bond acceptors (Lipinski definition) is 4. The molecule has 0 unspecified atom stereocenters. The molecule has 0 saturated heterocycles. The summed E-state index contributed by atoms with van der Waals surface area (Å²) in [6.07, 6.45) is 1.14. The SMILES string of the molecule is CCOC(=O)c1cnn(-c2ccc(F)cc2F)c1NC(C)=O. The van der Waals surface area contributed by atoms with Crippen molar-refractivity contribution in [3.63, 3.8) is 0 Å². The normalized spacial score (nSPS) is 10.4. The van der Waals surface area contributed by atoms with Gasteiger partial charge in [0.1, 0.15) is 17.1 Å². The number of halogens is 2. The number of benzene rings is 1. The highest BCUT2D eigenvalue weighted by atomic mass is 19.1. The smallest absolute Gasteiger partial charge is 0.343 e. The molecule has 8 heteroatoms. The van der Waals surface area contributed by atoms with Crippen LogP contribution in [0, 0.1) is 11.6 Å². The van der Waals surface area contributed by atoms with Gasteiger partial charge in [-0.05, 0) is 19.1 Å². The maximum atomic E-state index is 13.9. The van der Waals surface area contributed by atoms with Crippen molar-refractivity contribution in [1.82, 2.24) is 9.78 Å². The number of ether oxygens (including phenoxy) is 1. The molecular weight excluding hydrogens is 296 g/mol. The summed E-state index contributed by atoms with van der Waals surface area (Å²) in [5, 5.41) is 6.27.